The van der Waals surface area contributed by atoms with Gasteiger partial charge in [0, 0.05) is 5.57 Å². The topological polar surface area (TPSA) is 26.3 Å². The summed E-state index contributed by atoms with van der Waals surface area (Å²) >= 11 is 5.35. The van der Waals surface area contributed by atoms with E-state index in [1.807, 2.05) is 18.2 Å². The molecule has 66 valence electrons. The molecular formula is C10H7ClO2. The van der Waals surface area contributed by atoms with E-state index in [-0.39, 0.29) is 0 Å². The molecule has 0 heterocycles. The first kappa shape index (κ1) is 8.32. The quantitative estimate of drug-likeness (QED) is 0.676. The summed E-state index contributed by atoms with van der Waals surface area (Å²) in [5.74, 6) is 0.738. The fraction of sp³-hybridized carbons (Fsp3) is 0.100. The Hall–Kier alpha value is -1.28. The van der Waals surface area contributed by atoms with Gasteiger partial charge in [-0.05, 0) is 40.9 Å². The number of ether oxygens (including phenoxy) is 1. The molecule has 0 aromatic heterocycles. The molecule has 13 heavy (non-hydrogen) atoms. The van der Waals surface area contributed by atoms with Crippen LogP contribution in [0.25, 0.3) is 11.6 Å². The number of hydrogen-bond acceptors (Lipinski definition) is 2. The summed E-state index contributed by atoms with van der Waals surface area (Å²) < 4.78 is 5.03. The van der Waals surface area contributed by atoms with Gasteiger partial charge in [0.2, 0.25) is 0 Å². The summed E-state index contributed by atoms with van der Waals surface area (Å²) in [5.41, 5.74) is 2.47. The van der Waals surface area contributed by atoms with Crippen LogP contribution >= 0.6 is 11.6 Å². The van der Waals surface area contributed by atoms with Crippen LogP contribution in [0.15, 0.2) is 18.2 Å². The van der Waals surface area contributed by atoms with Crippen LogP contribution in [0.4, 0.5) is 0 Å². The highest BCUT2D eigenvalue weighted by Crippen LogP contribution is 2.36. The van der Waals surface area contributed by atoms with Crippen molar-refractivity contribution in [3.05, 3.63) is 29.3 Å². The number of carbonyl (C=O) groups excluding carboxylic acids is 1. The highest BCUT2D eigenvalue weighted by atomic mass is 35.5. The average molecular weight is 195 g/mol. The zero-order valence-electron chi connectivity index (χ0n) is 7.00. The van der Waals surface area contributed by atoms with Crippen molar-refractivity contribution in [3.63, 3.8) is 0 Å². The lowest BCUT2D eigenvalue weighted by Gasteiger charge is -2.17. The van der Waals surface area contributed by atoms with E-state index in [9.17, 15) is 4.79 Å². The molecule has 0 bridgehead atoms. The first-order valence-corrected chi connectivity index (χ1v) is 4.20. The molecule has 0 unspecified atom stereocenters. The smallest absolute Gasteiger partial charge is 0.253 e. The molecule has 0 saturated heterocycles. The fourth-order valence-corrected chi connectivity index (χ4v) is 1.50. The van der Waals surface area contributed by atoms with Gasteiger partial charge in [0.15, 0.2) is 0 Å². The van der Waals surface area contributed by atoms with Crippen molar-refractivity contribution in [2.75, 3.05) is 7.11 Å². The SMILES string of the molecule is COc1ccc2c(c1)C(C(=O)Cl)=C2. The van der Waals surface area contributed by atoms with E-state index in [1.54, 1.807) is 13.2 Å². The minimum atomic E-state index is -0.416. The molecular weight excluding hydrogens is 188 g/mol. The van der Waals surface area contributed by atoms with Gasteiger partial charge in [-0.25, -0.2) is 0 Å². The molecule has 0 aliphatic heterocycles. The van der Waals surface area contributed by atoms with Gasteiger partial charge >= 0.3 is 0 Å². The summed E-state index contributed by atoms with van der Waals surface area (Å²) in [7, 11) is 1.59. The predicted octanol–water partition coefficient (Wildman–Crippen LogP) is 2.31. The first-order chi connectivity index (χ1) is 6.22. The third-order valence-corrected chi connectivity index (χ3v) is 2.27. The van der Waals surface area contributed by atoms with Gasteiger partial charge in [-0.15, -0.1) is 0 Å². The van der Waals surface area contributed by atoms with Crippen LogP contribution in [0.5, 0.6) is 5.75 Å². The lowest BCUT2D eigenvalue weighted by molar-refractivity contribution is -0.106. The van der Waals surface area contributed by atoms with Gasteiger partial charge < -0.3 is 4.74 Å². The second-order valence-electron chi connectivity index (χ2n) is 2.78. The Morgan fingerprint density at radius 1 is 1.46 bits per heavy atom. The maximum absolute atomic E-state index is 10.8. The highest BCUT2D eigenvalue weighted by Gasteiger charge is 2.21. The van der Waals surface area contributed by atoms with E-state index < -0.39 is 5.24 Å². The van der Waals surface area contributed by atoms with Crippen LogP contribution in [0.2, 0.25) is 0 Å². The third-order valence-electron chi connectivity index (χ3n) is 2.06. The van der Waals surface area contributed by atoms with Crippen LogP contribution in [0, 0.1) is 0 Å². The number of fused-ring (bicyclic) bond motifs is 1. The predicted molar refractivity (Wildman–Crippen MR) is 51.7 cm³/mol. The normalized spacial score (nSPS) is 12.6. The number of hydrogen-bond donors (Lipinski definition) is 0. The number of allylic oxidation sites excluding steroid dienone is 1. The maximum Gasteiger partial charge on any atom is 0.253 e. The molecule has 0 saturated carbocycles. The molecule has 0 N–H and O–H groups in total. The van der Waals surface area contributed by atoms with Crippen molar-refractivity contribution in [2.24, 2.45) is 0 Å². The summed E-state index contributed by atoms with van der Waals surface area (Å²) in [6.45, 7) is 0. The Morgan fingerprint density at radius 2 is 2.23 bits per heavy atom. The number of carbonyl (C=O) groups is 1. The Labute approximate surface area is 80.8 Å². The second kappa shape index (κ2) is 2.89. The van der Waals surface area contributed by atoms with E-state index in [0.29, 0.717) is 5.57 Å². The van der Waals surface area contributed by atoms with E-state index >= 15 is 0 Å². The number of rotatable bonds is 2. The molecule has 1 aromatic carbocycles. The van der Waals surface area contributed by atoms with Crippen LogP contribution in [-0.2, 0) is 4.79 Å². The molecule has 0 radical (unpaired) electrons. The average Bonchev–Trinajstić information content (AvgIpc) is 2.06. The molecule has 2 nitrogen and oxygen atoms in total. The fourth-order valence-electron chi connectivity index (χ4n) is 1.34. The molecule has 1 aliphatic rings. The van der Waals surface area contributed by atoms with Crippen molar-refractivity contribution < 1.29 is 9.53 Å². The largest absolute Gasteiger partial charge is 0.497 e. The standard InChI is InChI=1S/C10H7ClO2/c1-13-7-3-2-6-4-9(10(11)12)8(6)5-7/h2-5H,1H3. The molecule has 0 fully saturated rings. The van der Waals surface area contributed by atoms with E-state index in [0.717, 1.165) is 16.9 Å². The van der Waals surface area contributed by atoms with Crippen LogP contribution in [0.3, 0.4) is 0 Å². The Balaban J connectivity index is 2.40. The van der Waals surface area contributed by atoms with Gasteiger partial charge in [-0.3, -0.25) is 4.79 Å². The van der Waals surface area contributed by atoms with Gasteiger partial charge in [-0.2, -0.15) is 0 Å². The van der Waals surface area contributed by atoms with Crippen molar-refractivity contribution in [3.8, 4) is 5.75 Å². The maximum atomic E-state index is 10.8. The molecule has 2 rings (SSSR count). The monoisotopic (exact) mass is 194 g/mol. The lowest BCUT2D eigenvalue weighted by atomic mass is 9.89. The van der Waals surface area contributed by atoms with Crippen molar-refractivity contribution in [1.82, 2.24) is 0 Å². The number of halogens is 1. The Bertz CT molecular complexity index is 407. The lowest BCUT2D eigenvalue weighted by Crippen LogP contribution is -2.04. The van der Waals surface area contributed by atoms with Crippen LogP contribution < -0.4 is 4.74 Å². The van der Waals surface area contributed by atoms with Gasteiger partial charge in [0.05, 0.1) is 7.11 Å². The van der Waals surface area contributed by atoms with E-state index in [2.05, 4.69) is 0 Å². The molecule has 1 aliphatic carbocycles. The molecule has 1 aromatic rings. The van der Waals surface area contributed by atoms with E-state index in [1.165, 1.54) is 0 Å². The third kappa shape index (κ3) is 1.23. The summed E-state index contributed by atoms with van der Waals surface area (Å²) in [6, 6.07) is 5.56. The van der Waals surface area contributed by atoms with Gasteiger partial charge in [0.1, 0.15) is 5.75 Å². The minimum Gasteiger partial charge on any atom is -0.497 e. The van der Waals surface area contributed by atoms with Crippen LogP contribution in [-0.4, -0.2) is 12.4 Å². The highest BCUT2D eigenvalue weighted by molar-refractivity contribution is 6.75. The molecule has 0 amide bonds. The van der Waals surface area contributed by atoms with Gasteiger partial charge in [0.25, 0.3) is 5.24 Å². The second-order valence-corrected chi connectivity index (χ2v) is 3.13. The molecule has 0 atom stereocenters. The zero-order valence-corrected chi connectivity index (χ0v) is 7.76. The van der Waals surface area contributed by atoms with Crippen molar-refractivity contribution in [2.45, 2.75) is 0 Å². The number of methoxy groups -OCH3 is 1. The summed E-state index contributed by atoms with van der Waals surface area (Å²) in [5, 5.41) is -0.416. The van der Waals surface area contributed by atoms with Crippen molar-refractivity contribution in [1.29, 1.82) is 0 Å². The number of benzene rings is 1. The van der Waals surface area contributed by atoms with E-state index in [4.69, 9.17) is 16.3 Å². The van der Waals surface area contributed by atoms with Gasteiger partial charge in [-0.1, -0.05) is 6.07 Å². The summed E-state index contributed by atoms with van der Waals surface area (Å²) in [4.78, 5) is 10.8. The zero-order chi connectivity index (χ0) is 9.42. The van der Waals surface area contributed by atoms with Crippen molar-refractivity contribution >= 4 is 28.5 Å². The van der Waals surface area contributed by atoms with Crippen LogP contribution in [0.1, 0.15) is 11.1 Å². The minimum absolute atomic E-state index is 0.416. The summed E-state index contributed by atoms with van der Waals surface area (Å²) in [6.07, 6.45) is 1.77. The Morgan fingerprint density at radius 3 is 2.85 bits per heavy atom. The molecule has 0 spiro atoms. The first-order valence-electron chi connectivity index (χ1n) is 3.82. The molecule has 3 heteroatoms. The Kier molecular flexibility index (Phi) is 1.85.